The van der Waals surface area contributed by atoms with E-state index in [1.54, 1.807) is 30.1 Å². The second-order valence-electron chi connectivity index (χ2n) is 4.01. The van der Waals surface area contributed by atoms with E-state index in [9.17, 15) is 4.79 Å². The van der Waals surface area contributed by atoms with E-state index in [1.807, 2.05) is 6.92 Å². The van der Waals surface area contributed by atoms with Crippen LogP contribution in [0.25, 0.3) is 0 Å². The number of rotatable bonds is 2. The maximum atomic E-state index is 12.0. The van der Waals surface area contributed by atoms with E-state index < -0.39 is 0 Å². The molecule has 0 aromatic carbocycles. The van der Waals surface area contributed by atoms with Crippen molar-refractivity contribution in [3.05, 3.63) is 23.5 Å². The van der Waals surface area contributed by atoms with Crippen molar-refractivity contribution in [3.63, 3.8) is 0 Å². The fraction of sp³-hybridized carbons (Fsp3) is 0.455. The summed E-state index contributed by atoms with van der Waals surface area (Å²) in [7, 11) is 0. The van der Waals surface area contributed by atoms with Crippen LogP contribution >= 0.6 is 23.4 Å². The summed E-state index contributed by atoms with van der Waals surface area (Å²) in [5.41, 5.74) is 0.697. The van der Waals surface area contributed by atoms with Gasteiger partial charge in [0.2, 0.25) is 5.91 Å². The summed E-state index contributed by atoms with van der Waals surface area (Å²) in [6.45, 7) is 1.99. The standard InChI is InChI=1S/C11H13ClN2OS/c1-11(5-2-6-16-11)10(15)14-8-3-4-9(12)13-7-8/h3-4,7H,2,5-6H2,1H3,(H,14,15). The zero-order valence-electron chi connectivity index (χ0n) is 9.00. The number of hydrogen-bond acceptors (Lipinski definition) is 3. The van der Waals surface area contributed by atoms with Gasteiger partial charge in [-0.2, -0.15) is 0 Å². The van der Waals surface area contributed by atoms with E-state index in [1.165, 1.54) is 0 Å². The lowest BCUT2D eigenvalue weighted by molar-refractivity contribution is -0.118. The molecule has 1 atom stereocenters. The number of amides is 1. The fourth-order valence-corrected chi connectivity index (χ4v) is 2.99. The molecular formula is C11H13ClN2OS. The van der Waals surface area contributed by atoms with Gasteiger partial charge in [0.05, 0.1) is 16.6 Å². The minimum Gasteiger partial charge on any atom is -0.324 e. The molecule has 1 saturated heterocycles. The van der Waals surface area contributed by atoms with Gasteiger partial charge in [0.1, 0.15) is 5.15 Å². The SMILES string of the molecule is CC1(C(=O)Nc2ccc(Cl)nc2)CCCS1. The molecule has 1 unspecified atom stereocenters. The quantitative estimate of drug-likeness (QED) is 0.828. The van der Waals surface area contributed by atoms with Crippen LogP contribution in [0, 0.1) is 0 Å². The molecule has 0 bridgehead atoms. The van der Waals surface area contributed by atoms with Gasteiger partial charge in [0.25, 0.3) is 0 Å². The van der Waals surface area contributed by atoms with Crippen molar-refractivity contribution >= 4 is 35.0 Å². The lowest BCUT2D eigenvalue weighted by Gasteiger charge is -2.21. The Morgan fingerprint density at radius 1 is 1.62 bits per heavy atom. The predicted molar refractivity (Wildman–Crippen MR) is 68.0 cm³/mol. The van der Waals surface area contributed by atoms with Gasteiger partial charge in [-0.25, -0.2) is 4.98 Å². The molecule has 2 heterocycles. The average molecular weight is 257 g/mol. The van der Waals surface area contributed by atoms with E-state index >= 15 is 0 Å². The van der Waals surface area contributed by atoms with Gasteiger partial charge in [-0.1, -0.05) is 11.6 Å². The van der Waals surface area contributed by atoms with Gasteiger partial charge in [0.15, 0.2) is 0 Å². The van der Waals surface area contributed by atoms with Crippen LogP contribution in [0.15, 0.2) is 18.3 Å². The van der Waals surface area contributed by atoms with Gasteiger partial charge in [0, 0.05) is 0 Å². The van der Waals surface area contributed by atoms with Crippen LogP contribution in [-0.4, -0.2) is 21.4 Å². The third-order valence-corrected chi connectivity index (χ3v) is 4.43. The van der Waals surface area contributed by atoms with E-state index in [0.717, 1.165) is 18.6 Å². The van der Waals surface area contributed by atoms with Crippen molar-refractivity contribution in [1.29, 1.82) is 0 Å². The predicted octanol–water partition coefficient (Wildman–Crippen LogP) is 2.96. The van der Waals surface area contributed by atoms with Crippen LogP contribution in [0.3, 0.4) is 0 Å². The molecule has 3 nitrogen and oxygen atoms in total. The average Bonchev–Trinajstić information content (AvgIpc) is 2.70. The number of hydrogen-bond donors (Lipinski definition) is 1. The van der Waals surface area contributed by atoms with Crippen LogP contribution < -0.4 is 5.32 Å². The Balaban J connectivity index is 2.04. The third-order valence-electron chi connectivity index (χ3n) is 2.68. The number of halogens is 1. The van der Waals surface area contributed by atoms with Crippen molar-refractivity contribution in [2.75, 3.05) is 11.1 Å². The molecule has 0 aliphatic carbocycles. The molecule has 1 fully saturated rings. The molecule has 1 aliphatic rings. The Morgan fingerprint density at radius 2 is 2.44 bits per heavy atom. The normalized spacial score (nSPS) is 24.4. The summed E-state index contributed by atoms with van der Waals surface area (Å²) in [6.07, 6.45) is 3.61. The number of pyridine rings is 1. The first-order chi connectivity index (χ1) is 7.60. The van der Waals surface area contributed by atoms with Crippen molar-refractivity contribution in [2.24, 2.45) is 0 Å². The largest absolute Gasteiger partial charge is 0.324 e. The zero-order chi connectivity index (χ0) is 11.6. The fourth-order valence-electron chi connectivity index (χ4n) is 1.67. The molecule has 5 heteroatoms. The van der Waals surface area contributed by atoms with Crippen molar-refractivity contribution in [1.82, 2.24) is 4.98 Å². The minimum absolute atomic E-state index is 0.0547. The van der Waals surface area contributed by atoms with E-state index in [-0.39, 0.29) is 10.7 Å². The zero-order valence-corrected chi connectivity index (χ0v) is 10.6. The van der Waals surface area contributed by atoms with Crippen molar-refractivity contribution in [3.8, 4) is 0 Å². The number of nitrogens with zero attached hydrogens (tertiary/aromatic N) is 1. The van der Waals surface area contributed by atoms with E-state index in [4.69, 9.17) is 11.6 Å². The first kappa shape index (κ1) is 11.7. The molecule has 0 radical (unpaired) electrons. The lowest BCUT2D eigenvalue weighted by Crippen LogP contribution is -2.34. The summed E-state index contributed by atoms with van der Waals surface area (Å²) in [5, 5.41) is 3.30. The monoisotopic (exact) mass is 256 g/mol. The Morgan fingerprint density at radius 3 is 3.00 bits per heavy atom. The molecule has 1 N–H and O–H groups in total. The molecule has 1 aromatic rings. The van der Waals surface area contributed by atoms with Crippen LogP contribution in [0.5, 0.6) is 0 Å². The topological polar surface area (TPSA) is 42.0 Å². The third kappa shape index (κ3) is 2.50. The summed E-state index contributed by atoms with van der Waals surface area (Å²) in [4.78, 5) is 16.0. The van der Waals surface area contributed by atoms with E-state index in [0.29, 0.717) is 10.8 Å². The molecule has 0 saturated carbocycles. The second-order valence-corrected chi connectivity index (χ2v) is 5.99. The summed E-state index contributed by atoms with van der Waals surface area (Å²) >= 11 is 7.39. The Kier molecular flexibility index (Phi) is 3.40. The highest BCUT2D eigenvalue weighted by Crippen LogP contribution is 2.38. The maximum absolute atomic E-state index is 12.0. The van der Waals surface area contributed by atoms with Crippen LogP contribution in [0.2, 0.25) is 5.15 Å². The first-order valence-corrected chi connectivity index (χ1v) is 6.53. The Labute approximate surface area is 104 Å². The van der Waals surface area contributed by atoms with Crippen LogP contribution in [-0.2, 0) is 4.79 Å². The molecule has 16 heavy (non-hydrogen) atoms. The molecule has 2 rings (SSSR count). The number of nitrogens with one attached hydrogen (secondary N) is 1. The highest BCUT2D eigenvalue weighted by molar-refractivity contribution is 8.01. The number of carbonyl (C=O) groups excluding carboxylic acids is 1. The summed E-state index contributed by atoms with van der Waals surface area (Å²) in [6, 6.07) is 3.43. The summed E-state index contributed by atoms with van der Waals surface area (Å²) < 4.78 is -0.292. The Bertz CT molecular complexity index is 387. The highest BCUT2D eigenvalue weighted by Gasteiger charge is 2.37. The maximum Gasteiger partial charge on any atom is 0.240 e. The van der Waals surface area contributed by atoms with Crippen LogP contribution in [0.1, 0.15) is 19.8 Å². The molecule has 1 aliphatic heterocycles. The van der Waals surface area contributed by atoms with Gasteiger partial charge in [-0.15, -0.1) is 11.8 Å². The van der Waals surface area contributed by atoms with Gasteiger partial charge >= 0.3 is 0 Å². The number of carbonyl (C=O) groups is 1. The minimum atomic E-state index is -0.292. The molecule has 0 spiro atoms. The van der Waals surface area contributed by atoms with E-state index in [2.05, 4.69) is 10.3 Å². The molecule has 1 aromatic heterocycles. The first-order valence-electron chi connectivity index (χ1n) is 5.17. The van der Waals surface area contributed by atoms with Crippen molar-refractivity contribution in [2.45, 2.75) is 24.5 Å². The number of aromatic nitrogens is 1. The number of thioether (sulfide) groups is 1. The van der Waals surface area contributed by atoms with Gasteiger partial charge < -0.3 is 5.32 Å². The van der Waals surface area contributed by atoms with Crippen molar-refractivity contribution < 1.29 is 4.79 Å². The van der Waals surface area contributed by atoms with Gasteiger partial charge in [-0.3, -0.25) is 4.79 Å². The number of anilines is 1. The smallest absolute Gasteiger partial charge is 0.240 e. The van der Waals surface area contributed by atoms with Gasteiger partial charge in [-0.05, 0) is 37.7 Å². The molecule has 1 amide bonds. The van der Waals surface area contributed by atoms with Crippen LogP contribution in [0.4, 0.5) is 5.69 Å². The lowest BCUT2D eigenvalue weighted by atomic mass is 10.0. The second kappa shape index (κ2) is 4.63. The molecule has 86 valence electrons. The highest BCUT2D eigenvalue weighted by atomic mass is 35.5. The summed E-state index contributed by atoms with van der Waals surface area (Å²) in [5.74, 6) is 1.11. The Hall–Kier alpha value is -0.740. The molecular weight excluding hydrogens is 244 g/mol.